The van der Waals surface area contributed by atoms with E-state index in [1.165, 1.54) is 19.6 Å². The molecule has 0 unspecified atom stereocenters. The Bertz CT molecular complexity index is 358. The van der Waals surface area contributed by atoms with Gasteiger partial charge in [-0.2, -0.15) is 0 Å². The SMILES string of the molecule is CC(C)NCC(C)(C)CCc1cc(Br)sc1Br. The van der Waals surface area contributed by atoms with E-state index in [1.54, 1.807) is 11.3 Å². The van der Waals surface area contributed by atoms with E-state index in [-0.39, 0.29) is 0 Å². The van der Waals surface area contributed by atoms with Gasteiger partial charge in [0, 0.05) is 12.6 Å². The maximum Gasteiger partial charge on any atom is 0.0742 e. The van der Waals surface area contributed by atoms with E-state index in [4.69, 9.17) is 0 Å². The van der Waals surface area contributed by atoms with Crippen LogP contribution in [0.2, 0.25) is 0 Å². The molecule has 1 rings (SSSR count). The second-order valence-electron chi connectivity index (χ2n) is 5.55. The smallest absolute Gasteiger partial charge is 0.0742 e. The summed E-state index contributed by atoms with van der Waals surface area (Å²) in [6.07, 6.45) is 2.34. The third kappa shape index (κ3) is 5.86. The molecular weight excluding hydrogens is 362 g/mol. The summed E-state index contributed by atoms with van der Waals surface area (Å²) < 4.78 is 2.47. The summed E-state index contributed by atoms with van der Waals surface area (Å²) in [7, 11) is 0. The van der Waals surface area contributed by atoms with Crippen LogP contribution in [-0.2, 0) is 6.42 Å². The van der Waals surface area contributed by atoms with Crippen LogP contribution >= 0.6 is 43.2 Å². The fraction of sp³-hybridized carbons (Fsp3) is 0.692. The van der Waals surface area contributed by atoms with Crippen LogP contribution in [0.15, 0.2) is 13.6 Å². The number of halogens is 2. The molecule has 0 saturated carbocycles. The van der Waals surface area contributed by atoms with E-state index < -0.39 is 0 Å². The number of aryl methyl sites for hydroxylation is 1. The van der Waals surface area contributed by atoms with Crippen molar-refractivity contribution >= 4 is 43.2 Å². The summed E-state index contributed by atoms with van der Waals surface area (Å²) in [6, 6.07) is 2.79. The van der Waals surface area contributed by atoms with Crippen LogP contribution in [0.4, 0.5) is 0 Å². The lowest BCUT2D eigenvalue weighted by molar-refractivity contribution is 0.304. The van der Waals surface area contributed by atoms with Gasteiger partial charge in [-0.1, -0.05) is 27.7 Å². The molecule has 0 saturated heterocycles. The highest BCUT2D eigenvalue weighted by Crippen LogP contribution is 2.34. The molecule has 17 heavy (non-hydrogen) atoms. The highest BCUT2D eigenvalue weighted by atomic mass is 79.9. The highest BCUT2D eigenvalue weighted by Gasteiger charge is 2.19. The molecule has 1 heterocycles. The van der Waals surface area contributed by atoms with Crippen molar-refractivity contribution in [3.63, 3.8) is 0 Å². The van der Waals surface area contributed by atoms with Crippen LogP contribution in [0.5, 0.6) is 0 Å². The Morgan fingerprint density at radius 3 is 2.47 bits per heavy atom. The van der Waals surface area contributed by atoms with Crippen molar-refractivity contribution in [2.75, 3.05) is 6.54 Å². The first-order valence-corrected chi connectivity index (χ1v) is 8.37. The molecule has 1 nitrogen and oxygen atoms in total. The monoisotopic (exact) mass is 381 g/mol. The lowest BCUT2D eigenvalue weighted by Crippen LogP contribution is -2.34. The van der Waals surface area contributed by atoms with Crippen LogP contribution in [0.3, 0.4) is 0 Å². The minimum absolute atomic E-state index is 0.345. The zero-order chi connectivity index (χ0) is 13.1. The Balaban J connectivity index is 2.46. The normalized spacial score (nSPS) is 12.4. The number of thiophene rings is 1. The molecule has 0 spiro atoms. The van der Waals surface area contributed by atoms with Gasteiger partial charge in [0.15, 0.2) is 0 Å². The van der Waals surface area contributed by atoms with E-state index in [9.17, 15) is 0 Å². The maximum absolute atomic E-state index is 3.62. The Kier molecular flexibility index (Phi) is 6.17. The minimum atomic E-state index is 0.345. The summed E-state index contributed by atoms with van der Waals surface area (Å²) in [5.74, 6) is 0. The molecule has 0 atom stereocenters. The second kappa shape index (κ2) is 6.69. The number of rotatable bonds is 6. The lowest BCUT2D eigenvalue weighted by Gasteiger charge is -2.26. The van der Waals surface area contributed by atoms with E-state index in [2.05, 4.69) is 70.9 Å². The Morgan fingerprint density at radius 1 is 1.35 bits per heavy atom. The molecule has 1 aromatic heterocycles. The molecule has 0 bridgehead atoms. The summed E-state index contributed by atoms with van der Waals surface area (Å²) in [5.41, 5.74) is 1.76. The van der Waals surface area contributed by atoms with Gasteiger partial charge in [-0.25, -0.2) is 0 Å². The van der Waals surface area contributed by atoms with E-state index in [0.29, 0.717) is 11.5 Å². The van der Waals surface area contributed by atoms with E-state index >= 15 is 0 Å². The van der Waals surface area contributed by atoms with Crippen LogP contribution in [0.1, 0.15) is 39.7 Å². The van der Waals surface area contributed by atoms with E-state index in [1.807, 2.05) is 0 Å². The quantitative estimate of drug-likeness (QED) is 0.710. The topological polar surface area (TPSA) is 12.0 Å². The fourth-order valence-corrected chi connectivity index (χ4v) is 4.50. The maximum atomic E-state index is 3.62. The average Bonchev–Trinajstić information content (AvgIpc) is 2.52. The van der Waals surface area contributed by atoms with Gasteiger partial charge in [0.25, 0.3) is 0 Å². The molecule has 98 valence electrons. The van der Waals surface area contributed by atoms with Gasteiger partial charge < -0.3 is 5.32 Å². The van der Waals surface area contributed by atoms with Gasteiger partial charge in [0.2, 0.25) is 0 Å². The molecule has 0 radical (unpaired) electrons. The van der Waals surface area contributed by atoms with E-state index in [0.717, 1.165) is 13.0 Å². The van der Waals surface area contributed by atoms with Crippen molar-refractivity contribution in [3.05, 3.63) is 19.2 Å². The Labute approximate surface area is 126 Å². The van der Waals surface area contributed by atoms with Crippen molar-refractivity contribution in [2.45, 2.75) is 46.6 Å². The first kappa shape index (κ1) is 15.7. The van der Waals surface area contributed by atoms with Crippen molar-refractivity contribution < 1.29 is 0 Å². The summed E-state index contributed by atoms with van der Waals surface area (Å²) in [5, 5.41) is 3.52. The molecule has 4 heteroatoms. The van der Waals surface area contributed by atoms with Crippen molar-refractivity contribution in [1.29, 1.82) is 0 Å². The second-order valence-corrected chi connectivity index (χ2v) is 9.30. The third-order valence-electron chi connectivity index (χ3n) is 2.79. The third-order valence-corrected chi connectivity index (χ3v) is 5.25. The molecule has 0 fully saturated rings. The standard InChI is InChI=1S/C13H21Br2NS/c1-9(2)16-8-13(3,4)6-5-10-7-11(14)17-12(10)15/h7,9,16H,5-6,8H2,1-4H3. The summed E-state index contributed by atoms with van der Waals surface area (Å²) >= 11 is 8.91. The van der Waals surface area contributed by atoms with Crippen molar-refractivity contribution in [3.8, 4) is 0 Å². The van der Waals surface area contributed by atoms with Gasteiger partial charge in [-0.05, 0) is 61.7 Å². The molecule has 1 aromatic rings. The first-order chi connectivity index (χ1) is 7.80. The molecule has 0 amide bonds. The van der Waals surface area contributed by atoms with Crippen molar-refractivity contribution in [2.24, 2.45) is 5.41 Å². The first-order valence-electron chi connectivity index (χ1n) is 5.97. The van der Waals surface area contributed by atoms with Crippen LogP contribution in [0, 0.1) is 5.41 Å². The minimum Gasteiger partial charge on any atom is -0.314 e. The number of hydrogen-bond donors (Lipinski definition) is 1. The van der Waals surface area contributed by atoms with Crippen LogP contribution < -0.4 is 5.32 Å². The van der Waals surface area contributed by atoms with Crippen LogP contribution in [-0.4, -0.2) is 12.6 Å². The molecule has 0 aliphatic rings. The summed E-state index contributed by atoms with van der Waals surface area (Å²) in [6.45, 7) is 10.1. The molecule has 1 N–H and O–H groups in total. The Morgan fingerprint density at radius 2 is 2.00 bits per heavy atom. The van der Waals surface area contributed by atoms with Gasteiger partial charge in [0.1, 0.15) is 0 Å². The number of hydrogen-bond acceptors (Lipinski definition) is 2. The lowest BCUT2D eigenvalue weighted by atomic mass is 9.86. The van der Waals surface area contributed by atoms with Gasteiger partial charge in [-0.15, -0.1) is 11.3 Å². The molecule has 0 aliphatic heterocycles. The van der Waals surface area contributed by atoms with Gasteiger partial charge in [-0.3, -0.25) is 0 Å². The zero-order valence-corrected chi connectivity index (χ0v) is 14.9. The van der Waals surface area contributed by atoms with Gasteiger partial charge in [0.05, 0.1) is 7.57 Å². The number of nitrogens with one attached hydrogen (secondary N) is 1. The predicted molar refractivity (Wildman–Crippen MR) is 85.0 cm³/mol. The van der Waals surface area contributed by atoms with Gasteiger partial charge >= 0.3 is 0 Å². The molecule has 0 aliphatic carbocycles. The predicted octanol–water partition coefficient (Wildman–Crippen LogP) is 5.23. The zero-order valence-electron chi connectivity index (χ0n) is 10.9. The largest absolute Gasteiger partial charge is 0.314 e. The van der Waals surface area contributed by atoms with Crippen molar-refractivity contribution in [1.82, 2.24) is 5.32 Å². The average molecular weight is 383 g/mol. The highest BCUT2D eigenvalue weighted by molar-refractivity contribution is 9.12. The molecular formula is C13H21Br2NS. The Hall–Kier alpha value is 0.620. The summed E-state index contributed by atoms with van der Waals surface area (Å²) in [4.78, 5) is 0. The fourth-order valence-electron chi connectivity index (χ4n) is 1.59. The van der Waals surface area contributed by atoms with Crippen LogP contribution in [0.25, 0.3) is 0 Å². The molecule has 0 aromatic carbocycles.